The van der Waals surface area contributed by atoms with Crippen LogP contribution in [0.4, 0.5) is 8.78 Å². The van der Waals surface area contributed by atoms with Crippen molar-refractivity contribution >= 4 is 15.6 Å². The van der Waals surface area contributed by atoms with Gasteiger partial charge in [0.05, 0.1) is 11.8 Å². The quantitative estimate of drug-likeness (QED) is 0.727. The van der Waals surface area contributed by atoms with Crippen molar-refractivity contribution in [1.82, 2.24) is 14.2 Å². The molecule has 9 heteroatoms. The first-order valence-electron chi connectivity index (χ1n) is 10.2. The number of pyridine rings is 1. The summed E-state index contributed by atoms with van der Waals surface area (Å²) in [6.07, 6.45) is 6.67. The average molecular weight is 435 g/mol. The fourth-order valence-electron chi connectivity index (χ4n) is 4.26. The Balaban J connectivity index is 1.42. The van der Waals surface area contributed by atoms with Crippen LogP contribution in [-0.2, 0) is 10.0 Å². The lowest BCUT2D eigenvalue weighted by Gasteiger charge is -2.35. The minimum Gasteiger partial charge on any atom is -0.299 e. The molecular weight excluding hydrogens is 410 g/mol. The zero-order chi connectivity index (χ0) is 21.4. The zero-order valence-electron chi connectivity index (χ0n) is 16.6. The van der Waals surface area contributed by atoms with Crippen molar-refractivity contribution in [2.75, 3.05) is 26.2 Å². The van der Waals surface area contributed by atoms with E-state index in [9.17, 15) is 17.2 Å². The van der Waals surface area contributed by atoms with Gasteiger partial charge in [-0.3, -0.25) is 9.88 Å². The van der Waals surface area contributed by atoms with E-state index in [2.05, 4.69) is 11.1 Å². The molecule has 1 aliphatic carbocycles. The van der Waals surface area contributed by atoms with Gasteiger partial charge in [-0.15, -0.1) is 0 Å². The molecule has 0 radical (unpaired) electrons. The summed E-state index contributed by atoms with van der Waals surface area (Å²) in [6.45, 7) is 1.31. The normalized spacial score (nSPS) is 25.4. The van der Waals surface area contributed by atoms with Crippen LogP contribution in [0.15, 0.2) is 41.0 Å². The Labute approximate surface area is 175 Å². The topological polar surface area (TPSA) is 77.3 Å². The number of alkyl halides is 2. The maximum absolute atomic E-state index is 13.4. The van der Waals surface area contributed by atoms with Gasteiger partial charge >= 0.3 is 0 Å². The molecule has 0 saturated carbocycles. The summed E-state index contributed by atoms with van der Waals surface area (Å²) in [5.41, 5.74) is 2.40. The highest BCUT2D eigenvalue weighted by Gasteiger charge is 2.40. The van der Waals surface area contributed by atoms with Gasteiger partial charge in [-0.25, -0.2) is 17.2 Å². The van der Waals surface area contributed by atoms with Crippen LogP contribution in [0.25, 0.3) is 5.57 Å². The molecule has 2 aliphatic heterocycles. The Morgan fingerprint density at radius 1 is 1.13 bits per heavy atom. The van der Waals surface area contributed by atoms with Gasteiger partial charge in [0.2, 0.25) is 10.0 Å². The number of sulfonamides is 1. The molecule has 1 unspecified atom stereocenters. The summed E-state index contributed by atoms with van der Waals surface area (Å²) >= 11 is 0. The summed E-state index contributed by atoms with van der Waals surface area (Å²) < 4.78 is 54.3. The Kier molecular flexibility index (Phi) is 5.75. The van der Waals surface area contributed by atoms with Crippen LogP contribution in [0.5, 0.6) is 0 Å². The molecule has 0 spiro atoms. The standard InChI is InChI=1S/C21H24F2N4O2S/c22-21(23)8-11-26(12-9-21)18-7-10-27(15-18)30(28,29)19-5-6-20(25-14-19)17-3-1-16(13-24)2-4-17/h1,3,5-6,14,18H,2,4,7-12,15H2. The number of nitrogens with zero attached hydrogens (tertiary/aromatic N) is 4. The van der Waals surface area contributed by atoms with E-state index in [-0.39, 0.29) is 23.8 Å². The number of hydrogen-bond donors (Lipinski definition) is 0. The maximum Gasteiger partial charge on any atom is 0.250 e. The summed E-state index contributed by atoms with van der Waals surface area (Å²) in [7, 11) is -3.67. The molecule has 4 rings (SSSR count). The van der Waals surface area contributed by atoms with Gasteiger partial charge in [-0.05, 0) is 43.0 Å². The van der Waals surface area contributed by atoms with Gasteiger partial charge in [0, 0.05) is 56.8 Å². The van der Waals surface area contributed by atoms with Crippen LogP contribution in [0.3, 0.4) is 0 Å². The molecule has 30 heavy (non-hydrogen) atoms. The van der Waals surface area contributed by atoms with Gasteiger partial charge in [-0.2, -0.15) is 9.57 Å². The first-order chi connectivity index (χ1) is 14.3. The lowest BCUT2D eigenvalue weighted by atomic mass is 9.97. The third-order valence-electron chi connectivity index (χ3n) is 6.17. The zero-order valence-corrected chi connectivity index (χ0v) is 17.4. The van der Waals surface area contributed by atoms with Crippen LogP contribution in [0.1, 0.15) is 37.8 Å². The Morgan fingerprint density at radius 2 is 1.90 bits per heavy atom. The molecule has 160 valence electrons. The highest BCUT2D eigenvalue weighted by molar-refractivity contribution is 7.89. The van der Waals surface area contributed by atoms with Crippen LogP contribution in [-0.4, -0.2) is 60.8 Å². The molecular formula is C21H24F2N4O2S. The van der Waals surface area contributed by atoms with Crippen molar-refractivity contribution in [2.24, 2.45) is 0 Å². The highest BCUT2D eigenvalue weighted by Crippen LogP contribution is 2.32. The molecule has 1 aromatic rings. The summed E-state index contributed by atoms with van der Waals surface area (Å²) in [5.74, 6) is -2.60. The van der Waals surface area contributed by atoms with Crippen molar-refractivity contribution in [3.05, 3.63) is 41.7 Å². The number of hydrogen-bond acceptors (Lipinski definition) is 5. The molecule has 2 fully saturated rings. The van der Waals surface area contributed by atoms with Crippen molar-refractivity contribution in [2.45, 2.75) is 49.0 Å². The van der Waals surface area contributed by atoms with Crippen LogP contribution < -0.4 is 0 Å². The molecule has 0 aromatic carbocycles. The second kappa shape index (κ2) is 8.17. The number of halogens is 2. The summed E-state index contributed by atoms with van der Waals surface area (Å²) in [4.78, 5) is 6.47. The third-order valence-corrected chi connectivity index (χ3v) is 8.02. The third kappa shape index (κ3) is 4.31. The van der Waals surface area contributed by atoms with E-state index >= 15 is 0 Å². The van der Waals surface area contributed by atoms with Crippen molar-refractivity contribution < 1.29 is 17.2 Å². The van der Waals surface area contributed by atoms with E-state index in [1.807, 2.05) is 11.0 Å². The van der Waals surface area contributed by atoms with Crippen LogP contribution >= 0.6 is 0 Å². The molecule has 2 saturated heterocycles. The Hall–Kier alpha value is -2.15. The second-order valence-electron chi connectivity index (χ2n) is 8.07. The number of allylic oxidation sites excluding steroid dienone is 4. The van der Waals surface area contributed by atoms with Crippen molar-refractivity contribution in [3.63, 3.8) is 0 Å². The Morgan fingerprint density at radius 3 is 2.50 bits per heavy atom. The average Bonchev–Trinajstić information content (AvgIpc) is 3.25. The van der Waals surface area contributed by atoms with Gasteiger partial charge in [0.15, 0.2) is 0 Å². The van der Waals surface area contributed by atoms with E-state index in [4.69, 9.17) is 5.26 Å². The summed E-state index contributed by atoms with van der Waals surface area (Å²) in [6, 6.07) is 5.39. The molecule has 0 amide bonds. The number of aromatic nitrogens is 1. The lowest BCUT2D eigenvalue weighted by Crippen LogP contribution is -2.46. The van der Waals surface area contributed by atoms with E-state index in [0.29, 0.717) is 51.1 Å². The first-order valence-corrected chi connectivity index (χ1v) is 11.6. The van der Waals surface area contributed by atoms with Crippen LogP contribution in [0, 0.1) is 11.3 Å². The summed E-state index contributed by atoms with van der Waals surface area (Å²) in [5, 5.41) is 8.93. The number of piperidine rings is 1. The molecule has 0 bridgehead atoms. The SMILES string of the molecule is N#CC1=CC=C(c2ccc(S(=O)(=O)N3CCC(N4CCC(F)(F)CC4)C3)cn2)CC1. The Bertz CT molecular complexity index is 1000. The fourth-order valence-corrected chi connectivity index (χ4v) is 5.70. The minimum atomic E-state index is -3.67. The lowest BCUT2D eigenvalue weighted by molar-refractivity contribution is -0.0618. The predicted octanol–water partition coefficient (Wildman–Crippen LogP) is 3.20. The predicted molar refractivity (Wildman–Crippen MR) is 108 cm³/mol. The maximum atomic E-state index is 13.4. The van der Waals surface area contributed by atoms with Gasteiger partial charge < -0.3 is 0 Å². The second-order valence-corrected chi connectivity index (χ2v) is 10.0. The molecule has 1 aromatic heterocycles. The van der Waals surface area contributed by atoms with Gasteiger partial charge in [0.1, 0.15) is 4.90 Å². The van der Waals surface area contributed by atoms with Crippen LogP contribution in [0.2, 0.25) is 0 Å². The van der Waals surface area contributed by atoms with Gasteiger partial charge in [-0.1, -0.05) is 6.08 Å². The van der Waals surface area contributed by atoms with E-state index in [0.717, 1.165) is 11.1 Å². The largest absolute Gasteiger partial charge is 0.299 e. The molecule has 0 N–H and O–H groups in total. The molecule has 3 aliphatic rings. The van der Waals surface area contributed by atoms with E-state index in [1.54, 1.807) is 18.2 Å². The fraction of sp³-hybridized carbons (Fsp3) is 0.524. The minimum absolute atomic E-state index is 0.0170. The van der Waals surface area contributed by atoms with Gasteiger partial charge in [0.25, 0.3) is 5.92 Å². The van der Waals surface area contributed by atoms with Crippen molar-refractivity contribution in [3.8, 4) is 6.07 Å². The van der Waals surface area contributed by atoms with Crippen molar-refractivity contribution in [1.29, 1.82) is 5.26 Å². The number of nitriles is 1. The smallest absolute Gasteiger partial charge is 0.250 e. The molecule has 6 nitrogen and oxygen atoms in total. The number of rotatable bonds is 4. The van der Waals surface area contributed by atoms with E-state index < -0.39 is 15.9 Å². The first kappa shape index (κ1) is 21.1. The monoisotopic (exact) mass is 434 g/mol. The molecule has 3 heterocycles. The number of likely N-dealkylation sites (tertiary alicyclic amines) is 1. The van der Waals surface area contributed by atoms with E-state index in [1.165, 1.54) is 10.5 Å². The molecule has 1 atom stereocenters. The highest BCUT2D eigenvalue weighted by atomic mass is 32.2.